The molecule has 3 unspecified atom stereocenters. The fraction of sp³-hybridized carbons (Fsp3) is 0.895. The summed E-state index contributed by atoms with van der Waals surface area (Å²) in [5.41, 5.74) is -0.164. The largest absolute Gasteiger partial charge is 0.354 e. The number of likely N-dealkylation sites (tertiary alicyclic amines) is 1. The number of hydrogen-bond donors (Lipinski definition) is 3. The van der Waals surface area contributed by atoms with E-state index in [1.54, 1.807) is 0 Å². The van der Waals surface area contributed by atoms with Crippen molar-refractivity contribution in [1.82, 2.24) is 20.9 Å². The summed E-state index contributed by atoms with van der Waals surface area (Å²) >= 11 is 0. The summed E-state index contributed by atoms with van der Waals surface area (Å²) in [6.07, 6.45) is 5.12. The molecule has 152 valence electrons. The highest BCUT2D eigenvalue weighted by molar-refractivity contribution is 5.85. The number of nitrogens with one attached hydrogen (secondary N) is 3. The van der Waals surface area contributed by atoms with Crippen LogP contribution in [0.4, 0.5) is 0 Å². The van der Waals surface area contributed by atoms with Gasteiger partial charge >= 0.3 is 0 Å². The van der Waals surface area contributed by atoms with Gasteiger partial charge in [0.1, 0.15) is 0 Å². The first-order valence-corrected chi connectivity index (χ1v) is 9.89. The molecule has 0 saturated carbocycles. The Balaban J connectivity index is 0.00000338. The van der Waals surface area contributed by atoms with Crippen molar-refractivity contribution in [2.75, 3.05) is 26.2 Å². The molecule has 6 nitrogen and oxygen atoms in total. The number of hydrogen-bond acceptors (Lipinski definition) is 4. The Morgan fingerprint density at radius 2 is 2.00 bits per heavy atom. The Hall–Kier alpha value is -0.850. The number of rotatable bonds is 7. The third-order valence-corrected chi connectivity index (χ3v) is 5.76. The number of halogens is 1. The fourth-order valence-electron chi connectivity index (χ4n) is 3.58. The zero-order valence-corrected chi connectivity index (χ0v) is 17.6. The van der Waals surface area contributed by atoms with Crippen molar-refractivity contribution in [3.63, 3.8) is 0 Å². The van der Waals surface area contributed by atoms with Crippen molar-refractivity contribution in [2.24, 2.45) is 5.92 Å². The summed E-state index contributed by atoms with van der Waals surface area (Å²) in [6.45, 7) is 11.7. The monoisotopic (exact) mass is 388 g/mol. The highest BCUT2D eigenvalue weighted by atomic mass is 35.5. The van der Waals surface area contributed by atoms with E-state index in [9.17, 15) is 9.59 Å². The Labute approximate surface area is 164 Å². The molecule has 0 bridgehead atoms. The summed E-state index contributed by atoms with van der Waals surface area (Å²) in [5, 5.41) is 9.49. The first-order chi connectivity index (χ1) is 11.8. The van der Waals surface area contributed by atoms with E-state index in [0.29, 0.717) is 12.5 Å². The van der Waals surface area contributed by atoms with E-state index >= 15 is 0 Å². The molecule has 3 atom stereocenters. The van der Waals surface area contributed by atoms with E-state index in [4.69, 9.17) is 0 Å². The lowest BCUT2D eigenvalue weighted by molar-refractivity contribution is -0.128. The molecule has 2 rings (SSSR count). The molecule has 2 saturated heterocycles. The van der Waals surface area contributed by atoms with Gasteiger partial charge in [0.05, 0.1) is 12.1 Å². The summed E-state index contributed by atoms with van der Waals surface area (Å²) in [4.78, 5) is 26.9. The standard InChI is InChI=1S/C19H36N4O2.ClH/c1-5-19(3,4)22-17(24)14(2)23-11-7-8-15(13-23)12-21-18(25)16-9-6-10-20-16;/h14-16,20H,5-13H2,1-4H3,(H,21,25)(H,22,24);1H. The molecule has 2 fully saturated rings. The topological polar surface area (TPSA) is 73.5 Å². The lowest BCUT2D eigenvalue weighted by atomic mass is 9.96. The normalized spacial score (nSPS) is 25.2. The van der Waals surface area contributed by atoms with Crippen LogP contribution >= 0.6 is 12.4 Å². The van der Waals surface area contributed by atoms with Gasteiger partial charge in [-0.05, 0) is 71.9 Å². The van der Waals surface area contributed by atoms with Crippen LogP contribution in [0.25, 0.3) is 0 Å². The SMILES string of the molecule is CCC(C)(C)NC(=O)C(C)N1CCCC(CNC(=O)C2CCCN2)C1.Cl. The zero-order valence-electron chi connectivity index (χ0n) is 16.8. The maximum Gasteiger partial charge on any atom is 0.237 e. The number of carbonyl (C=O) groups excluding carboxylic acids is 2. The van der Waals surface area contributed by atoms with Crippen LogP contribution in [0.2, 0.25) is 0 Å². The number of carbonyl (C=O) groups is 2. The fourth-order valence-corrected chi connectivity index (χ4v) is 3.58. The Kier molecular flexibility index (Phi) is 9.34. The van der Waals surface area contributed by atoms with Gasteiger partial charge in [-0.3, -0.25) is 14.5 Å². The molecule has 3 N–H and O–H groups in total. The third kappa shape index (κ3) is 6.71. The van der Waals surface area contributed by atoms with Crippen molar-refractivity contribution in [3.05, 3.63) is 0 Å². The second kappa shape index (κ2) is 10.5. The predicted octanol–water partition coefficient (Wildman–Crippen LogP) is 1.68. The number of amides is 2. The Morgan fingerprint density at radius 1 is 1.27 bits per heavy atom. The van der Waals surface area contributed by atoms with E-state index in [2.05, 4.69) is 41.6 Å². The van der Waals surface area contributed by atoms with Gasteiger partial charge in [-0.1, -0.05) is 6.92 Å². The molecule has 0 aromatic heterocycles. The third-order valence-electron chi connectivity index (χ3n) is 5.76. The zero-order chi connectivity index (χ0) is 18.4. The van der Waals surface area contributed by atoms with E-state index < -0.39 is 0 Å². The molecule has 2 aliphatic rings. The van der Waals surface area contributed by atoms with Crippen LogP contribution in [-0.2, 0) is 9.59 Å². The first-order valence-electron chi connectivity index (χ1n) is 9.89. The summed E-state index contributed by atoms with van der Waals surface area (Å²) in [6, 6.07) is -0.138. The van der Waals surface area contributed by atoms with Gasteiger partial charge in [-0.25, -0.2) is 0 Å². The summed E-state index contributed by atoms with van der Waals surface area (Å²) in [5.74, 6) is 0.658. The minimum absolute atomic E-state index is 0. The van der Waals surface area contributed by atoms with Gasteiger partial charge < -0.3 is 16.0 Å². The molecule has 0 radical (unpaired) electrons. The summed E-state index contributed by atoms with van der Waals surface area (Å²) < 4.78 is 0. The average Bonchev–Trinajstić information content (AvgIpc) is 3.13. The van der Waals surface area contributed by atoms with Gasteiger partial charge in [0.2, 0.25) is 11.8 Å². The predicted molar refractivity (Wildman–Crippen MR) is 108 cm³/mol. The van der Waals surface area contributed by atoms with Crippen LogP contribution in [0.1, 0.15) is 59.8 Å². The molecular weight excluding hydrogens is 352 g/mol. The smallest absolute Gasteiger partial charge is 0.237 e. The number of piperidine rings is 1. The minimum atomic E-state index is -0.164. The van der Waals surface area contributed by atoms with Crippen molar-refractivity contribution < 1.29 is 9.59 Å². The van der Waals surface area contributed by atoms with Crippen LogP contribution in [-0.4, -0.2) is 60.5 Å². The van der Waals surface area contributed by atoms with Crippen molar-refractivity contribution in [3.8, 4) is 0 Å². The van der Waals surface area contributed by atoms with Crippen LogP contribution in [0.3, 0.4) is 0 Å². The van der Waals surface area contributed by atoms with Gasteiger partial charge in [0.15, 0.2) is 0 Å². The molecule has 2 heterocycles. The molecule has 0 aromatic carbocycles. The first kappa shape index (κ1) is 23.2. The van der Waals surface area contributed by atoms with E-state index in [1.807, 2.05) is 6.92 Å². The van der Waals surface area contributed by atoms with Gasteiger partial charge in [0.25, 0.3) is 0 Å². The molecule has 2 aliphatic heterocycles. The maximum absolute atomic E-state index is 12.5. The highest BCUT2D eigenvalue weighted by Crippen LogP contribution is 2.19. The van der Waals surface area contributed by atoms with E-state index in [0.717, 1.165) is 51.7 Å². The van der Waals surface area contributed by atoms with Crippen molar-refractivity contribution >= 4 is 24.2 Å². The highest BCUT2D eigenvalue weighted by Gasteiger charge is 2.30. The lowest BCUT2D eigenvalue weighted by Crippen LogP contribution is -2.54. The van der Waals surface area contributed by atoms with Crippen LogP contribution in [0, 0.1) is 5.92 Å². The van der Waals surface area contributed by atoms with Gasteiger partial charge in [0, 0.05) is 18.6 Å². The Bertz CT molecular complexity index is 466. The van der Waals surface area contributed by atoms with Crippen molar-refractivity contribution in [1.29, 1.82) is 0 Å². The quantitative estimate of drug-likeness (QED) is 0.620. The van der Waals surface area contributed by atoms with E-state index in [1.165, 1.54) is 0 Å². The van der Waals surface area contributed by atoms with Crippen molar-refractivity contribution in [2.45, 2.75) is 77.4 Å². The second-order valence-corrected chi connectivity index (χ2v) is 8.30. The molecule has 0 aromatic rings. The van der Waals surface area contributed by atoms with E-state index in [-0.39, 0.29) is 41.8 Å². The minimum Gasteiger partial charge on any atom is -0.354 e. The second-order valence-electron chi connectivity index (χ2n) is 8.30. The number of nitrogens with zero attached hydrogens (tertiary/aromatic N) is 1. The van der Waals surface area contributed by atoms with Gasteiger partial charge in [-0.2, -0.15) is 0 Å². The lowest BCUT2D eigenvalue weighted by Gasteiger charge is -2.37. The molecule has 0 aliphatic carbocycles. The van der Waals surface area contributed by atoms with Crippen LogP contribution < -0.4 is 16.0 Å². The molecule has 0 spiro atoms. The Morgan fingerprint density at radius 3 is 2.62 bits per heavy atom. The molecule has 26 heavy (non-hydrogen) atoms. The average molecular weight is 389 g/mol. The molecule has 2 amide bonds. The molecule has 7 heteroatoms. The van der Waals surface area contributed by atoms with Crippen LogP contribution in [0.5, 0.6) is 0 Å². The molecular formula is C19H37ClN4O2. The summed E-state index contributed by atoms with van der Waals surface area (Å²) in [7, 11) is 0. The van der Waals surface area contributed by atoms with Crippen LogP contribution in [0.15, 0.2) is 0 Å². The maximum atomic E-state index is 12.5. The van der Waals surface area contributed by atoms with Gasteiger partial charge in [-0.15, -0.1) is 12.4 Å².